The average molecular weight is 372 g/mol. The number of nitrogens with zero attached hydrogens (tertiary/aromatic N) is 4. The van der Waals surface area contributed by atoms with E-state index in [-0.39, 0.29) is 11.5 Å². The Kier molecular flexibility index (Phi) is 5.75. The van der Waals surface area contributed by atoms with Gasteiger partial charge >= 0.3 is 0 Å². The largest absolute Gasteiger partial charge is 0.374 e. The van der Waals surface area contributed by atoms with E-state index in [1.807, 2.05) is 0 Å². The van der Waals surface area contributed by atoms with Gasteiger partial charge in [-0.05, 0) is 44.2 Å². The average Bonchev–Trinajstić information content (AvgIpc) is 3.14. The molecule has 0 radical (unpaired) electrons. The molecule has 1 fully saturated rings. The minimum atomic E-state index is -0.110. The Morgan fingerprint density at radius 2 is 1.89 bits per heavy atom. The van der Waals surface area contributed by atoms with E-state index in [9.17, 15) is 0 Å². The zero-order chi connectivity index (χ0) is 19.6. The summed E-state index contributed by atoms with van der Waals surface area (Å²) >= 11 is 0. The number of likely N-dealkylation sites (N-methyl/N-ethyl adjacent to an activating group) is 1. The maximum absolute atomic E-state index is 5.47. The molecule has 2 aromatic rings. The molecule has 1 aliphatic rings. The summed E-state index contributed by atoms with van der Waals surface area (Å²) < 4.78 is 5.47. The van der Waals surface area contributed by atoms with Gasteiger partial charge in [0.25, 0.3) is 0 Å². The lowest BCUT2D eigenvalue weighted by Gasteiger charge is -2.35. The van der Waals surface area contributed by atoms with E-state index in [0.717, 1.165) is 44.2 Å². The van der Waals surface area contributed by atoms with Crippen molar-refractivity contribution in [1.29, 1.82) is 0 Å². The molecule has 1 N–H and O–H groups in total. The van der Waals surface area contributed by atoms with Crippen LogP contribution in [0.2, 0.25) is 0 Å². The molecule has 6 heteroatoms. The highest BCUT2D eigenvalue weighted by molar-refractivity contribution is 5.60. The van der Waals surface area contributed by atoms with Gasteiger partial charge < -0.3 is 19.6 Å². The van der Waals surface area contributed by atoms with Gasteiger partial charge in [0.05, 0.1) is 0 Å². The van der Waals surface area contributed by atoms with Gasteiger partial charge in [-0.3, -0.25) is 0 Å². The molecule has 2 heterocycles. The van der Waals surface area contributed by atoms with Crippen molar-refractivity contribution in [3.05, 3.63) is 35.5 Å². The van der Waals surface area contributed by atoms with Crippen molar-refractivity contribution in [3.63, 3.8) is 0 Å². The number of aromatic nitrogens is 2. The minimum Gasteiger partial charge on any atom is -0.374 e. The number of hydrogen-bond donors (Lipinski definition) is 1. The van der Waals surface area contributed by atoms with Gasteiger partial charge in [0, 0.05) is 43.0 Å². The maximum Gasteiger partial charge on any atom is 0.248 e. The van der Waals surface area contributed by atoms with Gasteiger partial charge in [-0.1, -0.05) is 32.9 Å². The van der Waals surface area contributed by atoms with Crippen LogP contribution >= 0.6 is 0 Å². The number of aryl methyl sites for hydroxylation is 1. The van der Waals surface area contributed by atoms with Crippen molar-refractivity contribution in [2.75, 3.05) is 42.9 Å². The first-order chi connectivity index (χ1) is 12.8. The molecule has 6 nitrogen and oxygen atoms in total. The summed E-state index contributed by atoms with van der Waals surface area (Å²) in [6, 6.07) is 6.60. The Hall–Kier alpha value is -2.08. The first kappa shape index (κ1) is 19.7. The van der Waals surface area contributed by atoms with E-state index in [1.54, 1.807) is 0 Å². The Labute approximate surface area is 162 Å². The van der Waals surface area contributed by atoms with Gasteiger partial charge in [-0.15, -0.1) is 0 Å². The normalized spacial score (nSPS) is 17.2. The smallest absolute Gasteiger partial charge is 0.248 e. The summed E-state index contributed by atoms with van der Waals surface area (Å²) in [6.07, 6.45) is 0. The third kappa shape index (κ3) is 4.61. The van der Waals surface area contributed by atoms with Crippen molar-refractivity contribution >= 4 is 11.4 Å². The lowest BCUT2D eigenvalue weighted by atomic mass is 9.96. The summed E-state index contributed by atoms with van der Waals surface area (Å²) in [6.45, 7) is 18.3. The molecular weight excluding hydrogens is 338 g/mol. The molecule has 1 aliphatic heterocycles. The van der Waals surface area contributed by atoms with Crippen LogP contribution in [0.4, 0.5) is 11.4 Å². The van der Waals surface area contributed by atoms with E-state index in [4.69, 9.17) is 4.52 Å². The highest BCUT2D eigenvalue weighted by Crippen LogP contribution is 2.27. The van der Waals surface area contributed by atoms with Crippen LogP contribution in [-0.2, 0) is 5.41 Å². The minimum absolute atomic E-state index is 0.0359. The van der Waals surface area contributed by atoms with Crippen molar-refractivity contribution < 1.29 is 4.52 Å². The molecule has 0 saturated carbocycles. The summed E-state index contributed by atoms with van der Waals surface area (Å²) in [7, 11) is 0. The zero-order valence-electron chi connectivity index (χ0n) is 17.5. The van der Waals surface area contributed by atoms with E-state index in [0.29, 0.717) is 5.89 Å². The SMILES string of the molecule is CCN1CCN(c2ccc(NC(C)c3nc(C(C)(C)C)no3)c(C)c2)CC1. The Balaban J connectivity index is 1.66. The summed E-state index contributed by atoms with van der Waals surface area (Å²) in [5.41, 5.74) is 3.52. The van der Waals surface area contributed by atoms with Crippen molar-refractivity contribution in [3.8, 4) is 0 Å². The number of anilines is 2. The number of nitrogens with one attached hydrogen (secondary N) is 1. The first-order valence-corrected chi connectivity index (χ1v) is 9.96. The van der Waals surface area contributed by atoms with Crippen LogP contribution in [0.25, 0.3) is 0 Å². The second kappa shape index (κ2) is 7.89. The number of piperazine rings is 1. The second-order valence-corrected chi connectivity index (χ2v) is 8.49. The van der Waals surface area contributed by atoms with Gasteiger partial charge in [0.2, 0.25) is 5.89 Å². The fraction of sp³-hybridized carbons (Fsp3) is 0.619. The van der Waals surface area contributed by atoms with Gasteiger partial charge in [-0.25, -0.2) is 0 Å². The molecule has 1 saturated heterocycles. The van der Waals surface area contributed by atoms with Crippen molar-refractivity contribution in [2.45, 2.75) is 53.0 Å². The van der Waals surface area contributed by atoms with Crippen LogP contribution in [0, 0.1) is 6.92 Å². The lowest BCUT2D eigenvalue weighted by Crippen LogP contribution is -2.46. The quantitative estimate of drug-likeness (QED) is 0.858. The monoisotopic (exact) mass is 371 g/mol. The molecule has 3 rings (SSSR count). The molecule has 27 heavy (non-hydrogen) atoms. The highest BCUT2D eigenvalue weighted by atomic mass is 16.5. The number of benzene rings is 1. The Bertz CT molecular complexity index is 756. The molecule has 1 atom stereocenters. The van der Waals surface area contributed by atoms with E-state index in [2.05, 4.69) is 85.0 Å². The van der Waals surface area contributed by atoms with Crippen molar-refractivity contribution in [1.82, 2.24) is 15.0 Å². The van der Waals surface area contributed by atoms with Crippen LogP contribution in [0.3, 0.4) is 0 Å². The Morgan fingerprint density at radius 1 is 1.19 bits per heavy atom. The standard InChI is InChI=1S/C21H33N5O/c1-7-25-10-12-26(13-11-25)17-8-9-18(15(2)14-17)22-16(3)19-23-20(24-27-19)21(4,5)6/h8-9,14,16,22H,7,10-13H2,1-6H3. The van der Waals surface area contributed by atoms with E-state index >= 15 is 0 Å². The first-order valence-electron chi connectivity index (χ1n) is 9.96. The topological polar surface area (TPSA) is 57.4 Å². The van der Waals surface area contributed by atoms with Gasteiger partial charge in [-0.2, -0.15) is 4.98 Å². The molecule has 0 aliphatic carbocycles. The Morgan fingerprint density at radius 3 is 2.44 bits per heavy atom. The van der Waals surface area contributed by atoms with Crippen LogP contribution in [0.1, 0.15) is 57.9 Å². The third-order valence-electron chi connectivity index (χ3n) is 5.25. The van der Waals surface area contributed by atoms with Gasteiger partial charge in [0.1, 0.15) is 6.04 Å². The lowest BCUT2D eigenvalue weighted by molar-refractivity contribution is 0.271. The molecule has 0 bridgehead atoms. The molecule has 0 spiro atoms. The number of rotatable bonds is 5. The molecular formula is C21H33N5O. The molecule has 1 unspecified atom stereocenters. The fourth-order valence-corrected chi connectivity index (χ4v) is 3.34. The van der Waals surface area contributed by atoms with Crippen LogP contribution in [0.15, 0.2) is 22.7 Å². The molecule has 148 valence electrons. The highest BCUT2D eigenvalue weighted by Gasteiger charge is 2.23. The summed E-state index contributed by atoms with van der Waals surface area (Å²) in [5.74, 6) is 1.36. The van der Waals surface area contributed by atoms with E-state index < -0.39 is 0 Å². The van der Waals surface area contributed by atoms with Crippen LogP contribution in [0.5, 0.6) is 0 Å². The molecule has 1 aromatic heterocycles. The molecule has 0 amide bonds. The molecule has 1 aromatic carbocycles. The third-order valence-corrected chi connectivity index (χ3v) is 5.25. The van der Waals surface area contributed by atoms with Crippen LogP contribution in [-0.4, -0.2) is 47.8 Å². The zero-order valence-corrected chi connectivity index (χ0v) is 17.5. The summed E-state index contributed by atoms with van der Waals surface area (Å²) in [4.78, 5) is 9.53. The van der Waals surface area contributed by atoms with E-state index in [1.165, 1.54) is 11.3 Å². The van der Waals surface area contributed by atoms with Gasteiger partial charge in [0.15, 0.2) is 5.82 Å². The second-order valence-electron chi connectivity index (χ2n) is 8.49. The predicted molar refractivity (Wildman–Crippen MR) is 111 cm³/mol. The van der Waals surface area contributed by atoms with Crippen molar-refractivity contribution in [2.24, 2.45) is 0 Å². The number of hydrogen-bond acceptors (Lipinski definition) is 6. The maximum atomic E-state index is 5.47. The fourth-order valence-electron chi connectivity index (χ4n) is 3.34. The predicted octanol–water partition coefficient (Wildman–Crippen LogP) is 3.99. The summed E-state index contributed by atoms with van der Waals surface area (Å²) in [5, 5.41) is 7.64. The van der Waals surface area contributed by atoms with Crippen LogP contribution < -0.4 is 10.2 Å².